The lowest BCUT2D eigenvalue weighted by Crippen LogP contribution is -2.46. The second-order valence-electron chi connectivity index (χ2n) is 7.69. The Kier molecular flexibility index (Phi) is 6.27. The summed E-state index contributed by atoms with van der Waals surface area (Å²) < 4.78 is 23.8. The monoisotopic (exact) mass is 424 g/mol. The van der Waals surface area contributed by atoms with Gasteiger partial charge in [0.2, 0.25) is 17.6 Å². The van der Waals surface area contributed by atoms with Crippen LogP contribution < -0.4 is 10.1 Å². The van der Waals surface area contributed by atoms with Crippen molar-refractivity contribution in [3.63, 3.8) is 0 Å². The van der Waals surface area contributed by atoms with Crippen molar-refractivity contribution in [3.8, 4) is 17.1 Å². The minimum atomic E-state index is -0.308. The molecule has 0 saturated carbocycles. The number of nitrogens with zero attached hydrogens (tertiary/aromatic N) is 3. The van der Waals surface area contributed by atoms with Crippen molar-refractivity contribution in [2.75, 3.05) is 25.5 Å². The number of hydrogen-bond acceptors (Lipinski definition) is 6. The van der Waals surface area contributed by atoms with Crippen LogP contribution in [-0.2, 0) is 4.79 Å². The van der Waals surface area contributed by atoms with E-state index < -0.39 is 0 Å². The lowest BCUT2D eigenvalue weighted by Gasteiger charge is -2.34. The van der Waals surface area contributed by atoms with Crippen LogP contribution in [0.3, 0.4) is 0 Å². The first-order chi connectivity index (χ1) is 15.0. The predicted octanol–water partition coefficient (Wildman–Crippen LogP) is 4.09. The van der Waals surface area contributed by atoms with Gasteiger partial charge in [-0.1, -0.05) is 5.16 Å². The summed E-state index contributed by atoms with van der Waals surface area (Å²) in [4.78, 5) is 19.4. The number of hydrogen-bond donors (Lipinski definition) is 1. The number of carbonyl (C=O) groups is 1. The normalized spacial score (nSPS) is 17.8. The minimum Gasteiger partial charge on any atom is -0.497 e. The molecule has 7 nitrogen and oxygen atoms in total. The van der Waals surface area contributed by atoms with E-state index in [0.29, 0.717) is 23.8 Å². The number of piperidine rings is 1. The molecule has 0 spiro atoms. The fourth-order valence-electron chi connectivity index (χ4n) is 3.76. The van der Waals surface area contributed by atoms with Gasteiger partial charge in [-0.2, -0.15) is 4.98 Å². The van der Waals surface area contributed by atoms with Crippen molar-refractivity contribution in [1.29, 1.82) is 0 Å². The van der Waals surface area contributed by atoms with E-state index >= 15 is 0 Å². The van der Waals surface area contributed by atoms with Gasteiger partial charge in [0.25, 0.3) is 0 Å². The van der Waals surface area contributed by atoms with E-state index in [4.69, 9.17) is 9.26 Å². The Labute approximate surface area is 180 Å². The summed E-state index contributed by atoms with van der Waals surface area (Å²) in [7, 11) is 1.61. The molecule has 0 bridgehead atoms. The molecule has 1 fully saturated rings. The van der Waals surface area contributed by atoms with Crippen molar-refractivity contribution in [2.45, 2.75) is 31.7 Å². The molecule has 2 unspecified atom stereocenters. The van der Waals surface area contributed by atoms with Crippen LogP contribution >= 0.6 is 0 Å². The predicted molar refractivity (Wildman–Crippen MR) is 114 cm³/mol. The number of amides is 1. The molecular formula is C23H25FN4O3. The lowest BCUT2D eigenvalue weighted by atomic mass is 9.96. The Bertz CT molecular complexity index is 1020. The highest BCUT2D eigenvalue weighted by atomic mass is 19.1. The number of carbonyl (C=O) groups excluding carboxylic acids is 1. The smallest absolute Gasteiger partial charge is 0.241 e. The molecule has 1 aliphatic heterocycles. The third kappa shape index (κ3) is 4.91. The SMILES string of the molecule is COc1ccc(NC(=O)C(C)N2CCCC(c3nc(-c4ccc(F)cc4)no3)C2)cc1. The molecule has 2 heterocycles. The van der Waals surface area contributed by atoms with Crippen LogP contribution in [-0.4, -0.2) is 47.2 Å². The molecule has 162 valence electrons. The summed E-state index contributed by atoms with van der Waals surface area (Å²) in [5.74, 6) is 1.40. The molecule has 1 aromatic heterocycles. The Morgan fingerprint density at radius 1 is 1.23 bits per heavy atom. The van der Waals surface area contributed by atoms with Gasteiger partial charge in [-0.25, -0.2) is 4.39 Å². The van der Waals surface area contributed by atoms with Crippen LogP contribution in [0.25, 0.3) is 11.4 Å². The summed E-state index contributed by atoms with van der Waals surface area (Å²) in [6.45, 7) is 3.38. The van der Waals surface area contributed by atoms with E-state index in [-0.39, 0.29) is 23.7 Å². The van der Waals surface area contributed by atoms with E-state index in [1.54, 1.807) is 19.2 Å². The quantitative estimate of drug-likeness (QED) is 0.642. The average molecular weight is 424 g/mol. The molecule has 1 amide bonds. The first-order valence-electron chi connectivity index (χ1n) is 10.3. The Hall–Kier alpha value is -3.26. The van der Waals surface area contributed by atoms with Crippen LogP contribution in [0.1, 0.15) is 31.6 Å². The zero-order valence-electron chi connectivity index (χ0n) is 17.5. The third-order valence-corrected chi connectivity index (χ3v) is 5.63. The molecular weight excluding hydrogens is 399 g/mol. The molecule has 0 aliphatic carbocycles. The molecule has 8 heteroatoms. The van der Waals surface area contributed by atoms with Crippen molar-refractivity contribution in [1.82, 2.24) is 15.0 Å². The summed E-state index contributed by atoms with van der Waals surface area (Å²) in [5.41, 5.74) is 1.43. The van der Waals surface area contributed by atoms with Gasteiger partial charge in [-0.15, -0.1) is 0 Å². The molecule has 2 aromatic carbocycles. The summed E-state index contributed by atoms with van der Waals surface area (Å²) in [6.07, 6.45) is 1.84. The second-order valence-corrected chi connectivity index (χ2v) is 7.69. The van der Waals surface area contributed by atoms with E-state index in [9.17, 15) is 9.18 Å². The van der Waals surface area contributed by atoms with Crippen LogP contribution in [0.15, 0.2) is 53.1 Å². The summed E-state index contributed by atoms with van der Waals surface area (Å²) >= 11 is 0. The zero-order valence-corrected chi connectivity index (χ0v) is 17.5. The molecule has 1 saturated heterocycles. The summed E-state index contributed by atoms with van der Waals surface area (Å²) in [5, 5.41) is 7.01. The molecule has 31 heavy (non-hydrogen) atoms. The van der Waals surface area contributed by atoms with Crippen molar-refractivity contribution < 1.29 is 18.4 Å². The van der Waals surface area contributed by atoms with Gasteiger partial charge in [-0.3, -0.25) is 9.69 Å². The van der Waals surface area contributed by atoms with Crippen LogP contribution in [0.2, 0.25) is 0 Å². The first kappa shape index (κ1) is 21.0. The van der Waals surface area contributed by atoms with E-state index in [1.807, 2.05) is 31.2 Å². The Morgan fingerprint density at radius 3 is 2.68 bits per heavy atom. The largest absolute Gasteiger partial charge is 0.497 e. The summed E-state index contributed by atoms with van der Waals surface area (Å²) in [6, 6.07) is 13.0. The number of anilines is 1. The van der Waals surface area contributed by atoms with Gasteiger partial charge < -0.3 is 14.6 Å². The van der Waals surface area contributed by atoms with Gasteiger partial charge in [0, 0.05) is 17.8 Å². The minimum absolute atomic E-state index is 0.0479. The number of halogens is 1. The number of nitrogens with one attached hydrogen (secondary N) is 1. The van der Waals surface area contributed by atoms with Gasteiger partial charge in [0.05, 0.1) is 19.1 Å². The molecule has 3 aromatic rings. The maximum absolute atomic E-state index is 13.1. The number of methoxy groups -OCH3 is 1. The van der Waals surface area contributed by atoms with Crippen LogP contribution in [0, 0.1) is 5.82 Å². The molecule has 1 N–H and O–H groups in total. The maximum Gasteiger partial charge on any atom is 0.241 e. The van der Waals surface area contributed by atoms with Crippen molar-refractivity contribution >= 4 is 11.6 Å². The van der Waals surface area contributed by atoms with Gasteiger partial charge in [0.1, 0.15) is 11.6 Å². The van der Waals surface area contributed by atoms with Crippen molar-refractivity contribution in [3.05, 3.63) is 60.2 Å². The van der Waals surface area contributed by atoms with Gasteiger partial charge >= 0.3 is 0 Å². The fraction of sp³-hybridized carbons (Fsp3) is 0.348. The van der Waals surface area contributed by atoms with Crippen LogP contribution in [0.5, 0.6) is 5.75 Å². The number of ether oxygens (including phenoxy) is 1. The molecule has 4 rings (SSSR count). The van der Waals surface area contributed by atoms with Gasteiger partial charge in [0.15, 0.2) is 0 Å². The van der Waals surface area contributed by atoms with Crippen molar-refractivity contribution in [2.24, 2.45) is 0 Å². The number of rotatable bonds is 6. The van der Waals surface area contributed by atoms with Crippen LogP contribution in [0.4, 0.5) is 10.1 Å². The molecule has 0 radical (unpaired) electrons. The molecule has 1 aliphatic rings. The highest BCUT2D eigenvalue weighted by molar-refractivity contribution is 5.94. The van der Waals surface area contributed by atoms with E-state index in [0.717, 1.165) is 30.8 Å². The topological polar surface area (TPSA) is 80.5 Å². The first-order valence-corrected chi connectivity index (χ1v) is 10.3. The lowest BCUT2D eigenvalue weighted by molar-refractivity contribution is -0.121. The van der Waals surface area contributed by atoms with E-state index in [1.165, 1.54) is 12.1 Å². The third-order valence-electron chi connectivity index (χ3n) is 5.63. The standard InChI is InChI=1S/C23H25FN4O3/c1-15(22(29)25-19-9-11-20(30-2)12-10-19)28-13-3-4-17(14-28)23-26-21(27-31-23)16-5-7-18(24)8-6-16/h5-12,15,17H,3-4,13-14H2,1-2H3,(H,25,29). The average Bonchev–Trinajstić information content (AvgIpc) is 3.30. The fourth-order valence-corrected chi connectivity index (χ4v) is 3.76. The molecule has 2 atom stereocenters. The number of likely N-dealkylation sites (tertiary alicyclic amines) is 1. The maximum atomic E-state index is 13.1. The second kappa shape index (κ2) is 9.26. The van der Waals surface area contributed by atoms with Gasteiger partial charge in [-0.05, 0) is 74.8 Å². The number of aromatic nitrogens is 2. The Balaban J connectivity index is 1.39. The van der Waals surface area contributed by atoms with E-state index in [2.05, 4.69) is 20.4 Å². The Morgan fingerprint density at radius 2 is 1.97 bits per heavy atom. The highest BCUT2D eigenvalue weighted by Gasteiger charge is 2.31. The highest BCUT2D eigenvalue weighted by Crippen LogP contribution is 2.29. The zero-order chi connectivity index (χ0) is 21.8. The number of benzene rings is 2.